The molecule has 0 radical (unpaired) electrons. The fourth-order valence-electron chi connectivity index (χ4n) is 2.26. The Labute approximate surface area is 116 Å². The van der Waals surface area contributed by atoms with Gasteiger partial charge in [-0.3, -0.25) is 4.90 Å². The molecule has 3 rings (SSSR count). The second-order valence-electron chi connectivity index (χ2n) is 4.23. The van der Waals surface area contributed by atoms with Gasteiger partial charge < -0.3 is 4.74 Å². The monoisotopic (exact) mass is 269 g/mol. The summed E-state index contributed by atoms with van der Waals surface area (Å²) in [7, 11) is 0. The van der Waals surface area contributed by atoms with E-state index in [0.29, 0.717) is 6.04 Å². The zero-order valence-electron chi connectivity index (χ0n) is 12.5. The van der Waals surface area contributed by atoms with Crippen LogP contribution < -0.4 is 0 Å². The highest BCUT2D eigenvalue weighted by Crippen LogP contribution is 2.29. The lowest BCUT2D eigenvalue weighted by Gasteiger charge is -2.39. The van der Waals surface area contributed by atoms with E-state index in [2.05, 4.69) is 17.2 Å². The Kier molecular flexibility index (Phi) is 6.90. The van der Waals surface area contributed by atoms with E-state index in [4.69, 9.17) is 4.74 Å². The molecule has 2 nitrogen and oxygen atoms in total. The van der Waals surface area contributed by atoms with E-state index in [1.54, 1.807) is 10.4 Å². The van der Waals surface area contributed by atoms with Crippen molar-refractivity contribution in [2.24, 2.45) is 0 Å². The summed E-state index contributed by atoms with van der Waals surface area (Å²) in [4.78, 5) is 4.16. The van der Waals surface area contributed by atoms with Crippen LogP contribution in [0.1, 0.15) is 43.7 Å². The summed E-state index contributed by atoms with van der Waals surface area (Å²) >= 11 is 1.93. The molecule has 0 atom stereocenters. The van der Waals surface area contributed by atoms with E-state index < -0.39 is 0 Å². The first-order valence-corrected chi connectivity index (χ1v) is 8.10. The van der Waals surface area contributed by atoms with Gasteiger partial charge in [-0.15, -0.1) is 11.3 Å². The molecule has 1 aromatic rings. The van der Waals surface area contributed by atoms with Gasteiger partial charge in [-0.25, -0.2) is 0 Å². The second kappa shape index (κ2) is 7.93. The van der Waals surface area contributed by atoms with E-state index >= 15 is 0 Å². The Morgan fingerprint density at radius 3 is 2.44 bits per heavy atom. The minimum Gasteiger partial charge on any atom is -0.378 e. The number of ether oxygens (including phenoxy) is 1. The Bertz CT molecular complexity index is 344. The third-order valence-electron chi connectivity index (χ3n) is 3.32. The van der Waals surface area contributed by atoms with Crippen molar-refractivity contribution < 1.29 is 4.74 Å². The summed E-state index contributed by atoms with van der Waals surface area (Å²) in [5.74, 6) is 0. The Morgan fingerprint density at radius 2 is 1.89 bits per heavy atom. The van der Waals surface area contributed by atoms with Gasteiger partial charge in [-0.05, 0) is 29.9 Å². The molecular weight excluding hydrogens is 242 g/mol. The molecule has 2 aliphatic heterocycles. The van der Waals surface area contributed by atoms with Crippen LogP contribution >= 0.6 is 11.3 Å². The molecule has 0 aromatic carbocycles. The summed E-state index contributed by atoms with van der Waals surface area (Å²) < 4.78 is 5.24. The van der Waals surface area contributed by atoms with Crippen molar-refractivity contribution in [3.63, 3.8) is 0 Å². The highest BCUT2D eigenvalue weighted by atomic mass is 32.1. The van der Waals surface area contributed by atoms with Gasteiger partial charge in [-0.2, -0.15) is 0 Å². The number of hydrogen-bond acceptors (Lipinski definition) is 3. The standard InChI is InChI=1S/C11H15NOS.2C2H6/c1-8-7-14-11-4-12(3-2-10(8)11)9-5-13-6-9;2*1-2/h7,9H,2-6H2,1H3;2*1-2H3. The lowest BCUT2D eigenvalue weighted by molar-refractivity contribution is -0.0691. The van der Waals surface area contributed by atoms with Crippen LogP contribution in [0.5, 0.6) is 0 Å². The number of hydrogen-bond donors (Lipinski definition) is 0. The molecule has 3 heterocycles. The average molecular weight is 269 g/mol. The van der Waals surface area contributed by atoms with Crippen LogP contribution in [0.15, 0.2) is 5.38 Å². The van der Waals surface area contributed by atoms with Crippen molar-refractivity contribution in [3.05, 3.63) is 21.4 Å². The molecule has 0 amide bonds. The van der Waals surface area contributed by atoms with Gasteiger partial charge in [0.2, 0.25) is 0 Å². The minimum absolute atomic E-state index is 0.700. The molecule has 0 unspecified atom stereocenters. The number of fused-ring (bicyclic) bond motifs is 1. The zero-order valence-corrected chi connectivity index (χ0v) is 13.3. The van der Waals surface area contributed by atoms with Gasteiger partial charge in [0, 0.05) is 18.0 Å². The van der Waals surface area contributed by atoms with Crippen molar-refractivity contribution in [1.29, 1.82) is 0 Å². The summed E-state index contributed by atoms with van der Waals surface area (Å²) in [6.45, 7) is 14.5. The largest absolute Gasteiger partial charge is 0.378 e. The fourth-order valence-corrected chi connectivity index (χ4v) is 3.36. The summed E-state index contributed by atoms with van der Waals surface area (Å²) in [5.41, 5.74) is 3.11. The van der Waals surface area contributed by atoms with Crippen molar-refractivity contribution in [2.45, 2.75) is 53.6 Å². The van der Waals surface area contributed by atoms with Gasteiger partial charge in [0.05, 0.1) is 19.3 Å². The van der Waals surface area contributed by atoms with Crippen molar-refractivity contribution in [1.82, 2.24) is 4.90 Å². The van der Waals surface area contributed by atoms with Crippen molar-refractivity contribution in [2.75, 3.05) is 19.8 Å². The van der Waals surface area contributed by atoms with Crippen LogP contribution in [0.25, 0.3) is 0 Å². The maximum atomic E-state index is 5.24. The molecule has 1 aromatic heterocycles. The van der Waals surface area contributed by atoms with E-state index in [0.717, 1.165) is 19.8 Å². The number of nitrogens with zero attached hydrogens (tertiary/aromatic N) is 1. The molecule has 1 saturated heterocycles. The van der Waals surface area contributed by atoms with Gasteiger partial charge >= 0.3 is 0 Å². The molecule has 3 heteroatoms. The van der Waals surface area contributed by atoms with E-state index in [-0.39, 0.29) is 0 Å². The molecule has 2 aliphatic rings. The molecule has 0 saturated carbocycles. The van der Waals surface area contributed by atoms with E-state index in [1.807, 2.05) is 39.0 Å². The summed E-state index contributed by atoms with van der Waals surface area (Å²) in [6, 6.07) is 0.700. The quantitative estimate of drug-likeness (QED) is 0.767. The SMILES string of the molecule is CC.CC.Cc1csc2c1CCN(C1COC1)C2. The molecule has 0 aliphatic carbocycles. The first kappa shape index (κ1) is 15.7. The van der Waals surface area contributed by atoms with Crippen molar-refractivity contribution >= 4 is 11.3 Å². The van der Waals surface area contributed by atoms with Crippen LogP contribution in [-0.2, 0) is 17.7 Å². The molecule has 0 spiro atoms. The Balaban J connectivity index is 0.000000371. The minimum atomic E-state index is 0.700. The first-order chi connectivity index (χ1) is 8.84. The van der Waals surface area contributed by atoms with Gasteiger partial charge in [0.25, 0.3) is 0 Å². The number of rotatable bonds is 1. The smallest absolute Gasteiger partial charge is 0.0645 e. The number of aryl methyl sites for hydroxylation is 1. The lowest BCUT2D eigenvalue weighted by atomic mass is 10.0. The van der Waals surface area contributed by atoms with Crippen LogP contribution in [0.3, 0.4) is 0 Å². The predicted molar refractivity (Wildman–Crippen MR) is 80.5 cm³/mol. The number of thiophene rings is 1. The highest BCUT2D eigenvalue weighted by molar-refractivity contribution is 7.10. The fraction of sp³-hybridized carbons (Fsp3) is 0.733. The molecule has 18 heavy (non-hydrogen) atoms. The van der Waals surface area contributed by atoms with Crippen LogP contribution in [0, 0.1) is 6.92 Å². The van der Waals surface area contributed by atoms with Gasteiger partial charge in [-0.1, -0.05) is 27.7 Å². The maximum absolute atomic E-state index is 5.24. The summed E-state index contributed by atoms with van der Waals surface area (Å²) in [6.07, 6.45) is 1.24. The predicted octanol–water partition coefficient (Wildman–Crippen LogP) is 3.87. The maximum Gasteiger partial charge on any atom is 0.0645 e. The van der Waals surface area contributed by atoms with E-state index in [9.17, 15) is 0 Å². The molecule has 104 valence electrons. The van der Waals surface area contributed by atoms with Gasteiger partial charge in [0.1, 0.15) is 0 Å². The van der Waals surface area contributed by atoms with E-state index in [1.165, 1.54) is 18.5 Å². The first-order valence-electron chi connectivity index (χ1n) is 7.22. The average Bonchev–Trinajstić information content (AvgIpc) is 2.74. The molecule has 1 fully saturated rings. The second-order valence-corrected chi connectivity index (χ2v) is 5.20. The zero-order chi connectivity index (χ0) is 13.5. The Morgan fingerprint density at radius 1 is 1.22 bits per heavy atom. The molecule has 0 bridgehead atoms. The molecule has 0 N–H and O–H groups in total. The highest BCUT2D eigenvalue weighted by Gasteiger charge is 2.29. The Hall–Kier alpha value is -0.380. The summed E-state index contributed by atoms with van der Waals surface area (Å²) in [5, 5.41) is 2.30. The normalized spacial score (nSPS) is 18.7. The van der Waals surface area contributed by atoms with Crippen LogP contribution in [-0.4, -0.2) is 30.7 Å². The van der Waals surface area contributed by atoms with Gasteiger partial charge in [0.15, 0.2) is 0 Å². The van der Waals surface area contributed by atoms with Crippen LogP contribution in [0.2, 0.25) is 0 Å². The van der Waals surface area contributed by atoms with Crippen molar-refractivity contribution in [3.8, 4) is 0 Å². The lowest BCUT2D eigenvalue weighted by Crippen LogP contribution is -2.50. The van der Waals surface area contributed by atoms with Crippen LogP contribution in [0.4, 0.5) is 0 Å². The molecular formula is C15H27NOS. The third kappa shape index (κ3) is 3.34. The third-order valence-corrected chi connectivity index (χ3v) is 4.45. The topological polar surface area (TPSA) is 12.5 Å².